The Hall–Kier alpha value is -2.32. The van der Waals surface area contributed by atoms with Crippen molar-refractivity contribution in [2.75, 3.05) is 0 Å². The van der Waals surface area contributed by atoms with E-state index in [0.29, 0.717) is 5.75 Å². The van der Waals surface area contributed by atoms with Gasteiger partial charge in [0.2, 0.25) is 0 Å². The number of hydrogen-bond donors (Lipinski definition) is 2. The Labute approximate surface area is 106 Å². The van der Waals surface area contributed by atoms with Gasteiger partial charge in [-0.05, 0) is 22.4 Å². The van der Waals surface area contributed by atoms with E-state index in [0.717, 1.165) is 21.9 Å². The van der Waals surface area contributed by atoms with E-state index < -0.39 is 0 Å². The number of phenols is 1. The number of aromatic hydroxyl groups is 1. The van der Waals surface area contributed by atoms with Crippen molar-refractivity contribution in [2.45, 2.75) is 0 Å². The molecule has 0 spiro atoms. The standard InChI is InChI=1S/C16H12O.H3N/c17-15-11-10-12-6-4-5-9-14(12)16(15)13-7-2-1-3-8-13;/h1-11,17H;1H3. The second kappa shape index (κ2) is 4.90. The Bertz CT molecular complexity index is 662. The van der Waals surface area contributed by atoms with Gasteiger partial charge in [-0.2, -0.15) is 0 Å². The zero-order valence-corrected chi connectivity index (χ0v) is 10.0. The molecule has 90 valence electrons. The van der Waals surface area contributed by atoms with Crippen LogP contribution >= 0.6 is 0 Å². The Balaban J connectivity index is 0.00000120. The van der Waals surface area contributed by atoms with Crippen molar-refractivity contribution in [1.82, 2.24) is 6.15 Å². The second-order valence-electron chi connectivity index (χ2n) is 4.05. The smallest absolute Gasteiger partial charge is 0.124 e. The Morgan fingerprint density at radius 2 is 1.33 bits per heavy atom. The normalized spacial score (nSPS) is 10.0. The van der Waals surface area contributed by atoms with Crippen molar-refractivity contribution >= 4 is 10.8 Å². The van der Waals surface area contributed by atoms with Crippen LogP contribution in [0, 0.1) is 0 Å². The Morgan fingerprint density at radius 3 is 2.11 bits per heavy atom. The Kier molecular flexibility index (Phi) is 3.31. The first kappa shape index (κ1) is 12.1. The van der Waals surface area contributed by atoms with Gasteiger partial charge in [0.15, 0.2) is 0 Å². The molecule has 0 saturated heterocycles. The lowest BCUT2D eigenvalue weighted by Gasteiger charge is -2.09. The first-order chi connectivity index (χ1) is 8.36. The van der Waals surface area contributed by atoms with E-state index >= 15 is 0 Å². The third kappa shape index (κ3) is 1.94. The molecule has 2 heteroatoms. The highest BCUT2D eigenvalue weighted by molar-refractivity contribution is 5.99. The summed E-state index contributed by atoms with van der Waals surface area (Å²) in [6.45, 7) is 0. The SMILES string of the molecule is N.Oc1ccc2ccccc2c1-c1ccccc1. The van der Waals surface area contributed by atoms with Gasteiger partial charge in [0.05, 0.1) is 0 Å². The molecule has 0 aliphatic rings. The lowest BCUT2D eigenvalue weighted by molar-refractivity contribution is 0.478. The maximum atomic E-state index is 10.1. The zero-order chi connectivity index (χ0) is 11.7. The molecule has 2 nitrogen and oxygen atoms in total. The molecule has 3 aromatic carbocycles. The van der Waals surface area contributed by atoms with Gasteiger partial charge in [0.1, 0.15) is 5.75 Å². The molecule has 0 saturated carbocycles. The number of phenolic OH excluding ortho intramolecular Hbond substituents is 1. The van der Waals surface area contributed by atoms with Gasteiger partial charge in [-0.1, -0.05) is 60.7 Å². The van der Waals surface area contributed by atoms with Crippen molar-refractivity contribution in [3.8, 4) is 16.9 Å². The minimum Gasteiger partial charge on any atom is -0.507 e. The molecule has 0 aromatic heterocycles. The van der Waals surface area contributed by atoms with Gasteiger partial charge in [-0.25, -0.2) is 0 Å². The minimum atomic E-state index is 0. The van der Waals surface area contributed by atoms with Crippen molar-refractivity contribution in [3.63, 3.8) is 0 Å². The van der Waals surface area contributed by atoms with Crippen LogP contribution in [-0.2, 0) is 0 Å². The molecule has 0 fully saturated rings. The van der Waals surface area contributed by atoms with Crippen LogP contribution in [0.1, 0.15) is 0 Å². The molecule has 0 aliphatic heterocycles. The second-order valence-corrected chi connectivity index (χ2v) is 4.05. The van der Waals surface area contributed by atoms with Crippen LogP contribution in [0.5, 0.6) is 5.75 Å². The average Bonchev–Trinajstić information content (AvgIpc) is 2.39. The predicted octanol–water partition coefficient (Wildman–Crippen LogP) is 4.37. The van der Waals surface area contributed by atoms with Gasteiger partial charge >= 0.3 is 0 Å². The van der Waals surface area contributed by atoms with E-state index in [1.54, 1.807) is 6.07 Å². The molecular formula is C16H15NO. The molecule has 3 aromatic rings. The molecule has 0 heterocycles. The van der Waals surface area contributed by atoms with Gasteiger partial charge < -0.3 is 11.3 Å². The van der Waals surface area contributed by atoms with Crippen molar-refractivity contribution in [2.24, 2.45) is 0 Å². The molecule has 3 rings (SSSR count). The van der Waals surface area contributed by atoms with Crippen LogP contribution < -0.4 is 6.15 Å². The van der Waals surface area contributed by atoms with E-state index in [1.165, 1.54) is 0 Å². The van der Waals surface area contributed by atoms with E-state index in [1.807, 2.05) is 54.6 Å². The third-order valence-electron chi connectivity index (χ3n) is 2.97. The van der Waals surface area contributed by atoms with Crippen LogP contribution in [0.15, 0.2) is 66.7 Å². The third-order valence-corrected chi connectivity index (χ3v) is 2.97. The summed E-state index contributed by atoms with van der Waals surface area (Å²) in [7, 11) is 0. The molecule has 0 unspecified atom stereocenters. The van der Waals surface area contributed by atoms with Gasteiger partial charge in [0.25, 0.3) is 0 Å². The summed E-state index contributed by atoms with van der Waals surface area (Å²) in [6.07, 6.45) is 0. The maximum Gasteiger partial charge on any atom is 0.124 e. The van der Waals surface area contributed by atoms with Gasteiger partial charge in [-0.3, -0.25) is 0 Å². The fourth-order valence-electron chi connectivity index (χ4n) is 2.17. The van der Waals surface area contributed by atoms with Gasteiger partial charge in [-0.15, -0.1) is 0 Å². The Morgan fingerprint density at radius 1 is 0.667 bits per heavy atom. The molecule has 4 N–H and O–H groups in total. The van der Waals surface area contributed by atoms with E-state index in [9.17, 15) is 5.11 Å². The lowest BCUT2D eigenvalue weighted by atomic mass is 9.97. The molecular weight excluding hydrogens is 222 g/mol. The summed E-state index contributed by atoms with van der Waals surface area (Å²) in [5.74, 6) is 0.329. The molecule has 0 amide bonds. The quantitative estimate of drug-likeness (QED) is 0.660. The monoisotopic (exact) mass is 237 g/mol. The minimum absolute atomic E-state index is 0. The topological polar surface area (TPSA) is 55.2 Å². The van der Waals surface area contributed by atoms with Crippen LogP contribution in [0.3, 0.4) is 0 Å². The fraction of sp³-hybridized carbons (Fsp3) is 0. The molecule has 0 radical (unpaired) electrons. The largest absolute Gasteiger partial charge is 0.507 e. The van der Waals surface area contributed by atoms with Crippen LogP contribution in [0.2, 0.25) is 0 Å². The van der Waals surface area contributed by atoms with E-state index in [4.69, 9.17) is 0 Å². The highest BCUT2D eigenvalue weighted by Crippen LogP contribution is 2.35. The first-order valence-electron chi connectivity index (χ1n) is 5.62. The maximum absolute atomic E-state index is 10.1. The van der Waals surface area contributed by atoms with E-state index in [-0.39, 0.29) is 6.15 Å². The molecule has 0 aliphatic carbocycles. The van der Waals surface area contributed by atoms with Crippen molar-refractivity contribution in [1.29, 1.82) is 0 Å². The predicted molar refractivity (Wildman–Crippen MR) is 76.1 cm³/mol. The highest BCUT2D eigenvalue weighted by Gasteiger charge is 2.08. The highest BCUT2D eigenvalue weighted by atomic mass is 16.3. The van der Waals surface area contributed by atoms with Crippen LogP contribution in [-0.4, -0.2) is 5.11 Å². The molecule has 0 atom stereocenters. The van der Waals surface area contributed by atoms with E-state index in [2.05, 4.69) is 6.07 Å². The van der Waals surface area contributed by atoms with Crippen LogP contribution in [0.25, 0.3) is 21.9 Å². The molecule has 0 bridgehead atoms. The zero-order valence-electron chi connectivity index (χ0n) is 10.0. The summed E-state index contributed by atoms with van der Waals surface area (Å²) >= 11 is 0. The lowest BCUT2D eigenvalue weighted by Crippen LogP contribution is -1.82. The van der Waals surface area contributed by atoms with Crippen molar-refractivity contribution < 1.29 is 5.11 Å². The fourth-order valence-corrected chi connectivity index (χ4v) is 2.17. The molecule has 18 heavy (non-hydrogen) atoms. The van der Waals surface area contributed by atoms with Gasteiger partial charge in [0, 0.05) is 5.56 Å². The van der Waals surface area contributed by atoms with Crippen molar-refractivity contribution in [3.05, 3.63) is 66.7 Å². The number of hydrogen-bond acceptors (Lipinski definition) is 2. The number of fused-ring (bicyclic) bond motifs is 1. The summed E-state index contributed by atoms with van der Waals surface area (Å²) < 4.78 is 0. The average molecular weight is 237 g/mol. The summed E-state index contributed by atoms with van der Waals surface area (Å²) in [5, 5.41) is 12.3. The number of benzene rings is 3. The summed E-state index contributed by atoms with van der Waals surface area (Å²) in [6, 6.07) is 21.8. The first-order valence-corrected chi connectivity index (χ1v) is 5.62. The summed E-state index contributed by atoms with van der Waals surface area (Å²) in [5.41, 5.74) is 1.95. The number of rotatable bonds is 1. The summed E-state index contributed by atoms with van der Waals surface area (Å²) in [4.78, 5) is 0. The van der Waals surface area contributed by atoms with Crippen LogP contribution in [0.4, 0.5) is 0 Å².